The monoisotopic (exact) mass is 245 g/mol. The average Bonchev–Trinajstić information content (AvgIpc) is 2.40. The van der Waals surface area contributed by atoms with Gasteiger partial charge in [-0.25, -0.2) is 0 Å². The molecule has 0 spiro atoms. The Morgan fingerprint density at radius 3 is 2.50 bits per heavy atom. The molecule has 1 aliphatic carbocycles. The summed E-state index contributed by atoms with van der Waals surface area (Å²) in [5.41, 5.74) is 5.61. The first kappa shape index (κ1) is 12.0. The first-order chi connectivity index (χ1) is 8.77. The van der Waals surface area contributed by atoms with E-state index in [0.717, 1.165) is 13.1 Å². The van der Waals surface area contributed by atoms with Gasteiger partial charge in [0.2, 0.25) is 0 Å². The smallest absolute Gasteiger partial charge is 0.119 e. The van der Waals surface area contributed by atoms with Crippen molar-refractivity contribution in [1.29, 1.82) is 0 Å². The van der Waals surface area contributed by atoms with E-state index >= 15 is 0 Å². The molecule has 2 heteroatoms. The van der Waals surface area contributed by atoms with Gasteiger partial charge in [-0.1, -0.05) is 0 Å². The van der Waals surface area contributed by atoms with E-state index in [9.17, 15) is 5.11 Å². The summed E-state index contributed by atoms with van der Waals surface area (Å²) in [4.78, 5) is 0. The lowest BCUT2D eigenvalue weighted by molar-refractivity contribution is 0.419. The SMILES string of the molecule is Cc1cc(O)c(C2CCNCC2)c2c1CCCC2. The molecule has 0 bridgehead atoms. The third kappa shape index (κ3) is 2.03. The van der Waals surface area contributed by atoms with Gasteiger partial charge in [0, 0.05) is 5.56 Å². The van der Waals surface area contributed by atoms with Crippen LogP contribution in [0.4, 0.5) is 0 Å². The molecule has 98 valence electrons. The van der Waals surface area contributed by atoms with Gasteiger partial charge >= 0.3 is 0 Å². The van der Waals surface area contributed by atoms with Crippen molar-refractivity contribution in [3.8, 4) is 5.75 Å². The topological polar surface area (TPSA) is 32.3 Å². The quantitative estimate of drug-likeness (QED) is 0.797. The van der Waals surface area contributed by atoms with E-state index in [1.807, 2.05) is 6.07 Å². The van der Waals surface area contributed by atoms with Crippen molar-refractivity contribution in [2.45, 2.75) is 51.4 Å². The minimum atomic E-state index is 0.556. The molecule has 2 N–H and O–H groups in total. The van der Waals surface area contributed by atoms with Gasteiger partial charge in [0.1, 0.15) is 5.75 Å². The Balaban J connectivity index is 2.06. The molecule has 0 saturated carbocycles. The van der Waals surface area contributed by atoms with E-state index in [4.69, 9.17) is 0 Å². The highest BCUT2D eigenvalue weighted by molar-refractivity contribution is 5.51. The molecule has 0 amide bonds. The fourth-order valence-corrected chi connectivity index (χ4v) is 3.73. The molecule has 0 aromatic heterocycles. The number of aryl methyl sites for hydroxylation is 1. The Kier molecular flexibility index (Phi) is 3.29. The summed E-state index contributed by atoms with van der Waals surface area (Å²) >= 11 is 0. The molecule has 1 saturated heterocycles. The van der Waals surface area contributed by atoms with Crippen LogP contribution < -0.4 is 5.32 Å². The Hall–Kier alpha value is -1.02. The molecule has 0 radical (unpaired) electrons. The summed E-state index contributed by atoms with van der Waals surface area (Å²) in [6.45, 7) is 4.33. The predicted octanol–water partition coefficient (Wildman–Crippen LogP) is 3.05. The van der Waals surface area contributed by atoms with Gasteiger partial charge in [-0.2, -0.15) is 0 Å². The number of nitrogens with one attached hydrogen (secondary N) is 1. The van der Waals surface area contributed by atoms with Crippen molar-refractivity contribution in [2.24, 2.45) is 0 Å². The lowest BCUT2D eigenvalue weighted by Gasteiger charge is -2.30. The zero-order valence-electron chi connectivity index (χ0n) is 11.3. The summed E-state index contributed by atoms with van der Waals surface area (Å²) in [7, 11) is 0. The van der Waals surface area contributed by atoms with Gasteiger partial charge in [-0.15, -0.1) is 0 Å². The molecule has 1 aromatic carbocycles. The molecule has 1 aliphatic heterocycles. The molecule has 0 unspecified atom stereocenters. The first-order valence-corrected chi connectivity index (χ1v) is 7.32. The van der Waals surface area contributed by atoms with Crippen molar-refractivity contribution in [3.63, 3.8) is 0 Å². The van der Waals surface area contributed by atoms with E-state index in [0.29, 0.717) is 11.7 Å². The van der Waals surface area contributed by atoms with Gasteiger partial charge in [0.05, 0.1) is 0 Å². The summed E-state index contributed by atoms with van der Waals surface area (Å²) in [5, 5.41) is 13.8. The molecule has 1 aromatic rings. The maximum absolute atomic E-state index is 10.4. The van der Waals surface area contributed by atoms with Crippen LogP contribution in [-0.4, -0.2) is 18.2 Å². The van der Waals surface area contributed by atoms with Crippen molar-refractivity contribution in [2.75, 3.05) is 13.1 Å². The van der Waals surface area contributed by atoms with Crippen LogP contribution in [0.15, 0.2) is 6.07 Å². The average molecular weight is 245 g/mol. The summed E-state index contributed by atoms with van der Waals surface area (Å²) in [6.07, 6.45) is 7.31. The number of fused-ring (bicyclic) bond motifs is 1. The van der Waals surface area contributed by atoms with E-state index in [-0.39, 0.29) is 0 Å². The normalized spacial score (nSPS) is 20.7. The molecule has 2 nitrogen and oxygen atoms in total. The van der Waals surface area contributed by atoms with E-state index in [1.165, 1.54) is 60.8 Å². The van der Waals surface area contributed by atoms with Crippen molar-refractivity contribution >= 4 is 0 Å². The lowest BCUT2D eigenvalue weighted by atomic mass is 9.78. The van der Waals surface area contributed by atoms with Crippen LogP contribution in [-0.2, 0) is 12.8 Å². The van der Waals surface area contributed by atoms with Gasteiger partial charge in [0.15, 0.2) is 0 Å². The van der Waals surface area contributed by atoms with Crippen molar-refractivity contribution in [3.05, 3.63) is 28.3 Å². The Labute approximate surface area is 109 Å². The lowest BCUT2D eigenvalue weighted by Crippen LogP contribution is -2.27. The molecule has 18 heavy (non-hydrogen) atoms. The number of phenolic OH excluding ortho intramolecular Hbond substituents is 1. The minimum absolute atomic E-state index is 0.556. The first-order valence-electron chi connectivity index (χ1n) is 7.32. The molecule has 2 aliphatic rings. The second-order valence-corrected chi connectivity index (χ2v) is 5.81. The van der Waals surface area contributed by atoms with Gasteiger partial charge < -0.3 is 10.4 Å². The standard InChI is InChI=1S/C16H23NO/c1-11-10-15(18)16(12-6-8-17-9-7-12)14-5-3-2-4-13(11)14/h10,12,17-18H,2-9H2,1H3. The molecule has 1 heterocycles. The number of rotatable bonds is 1. The maximum atomic E-state index is 10.4. The zero-order chi connectivity index (χ0) is 12.5. The van der Waals surface area contributed by atoms with Crippen LogP contribution >= 0.6 is 0 Å². The van der Waals surface area contributed by atoms with Crippen LogP contribution in [0.3, 0.4) is 0 Å². The predicted molar refractivity (Wildman–Crippen MR) is 74.3 cm³/mol. The third-order valence-corrected chi connectivity index (χ3v) is 4.65. The van der Waals surface area contributed by atoms with Crippen LogP contribution in [0.1, 0.15) is 53.9 Å². The van der Waals surface area contributed by atoms with Crippen LogP contribution in [0.25, 0.3) is 0 Å². The fraction of sp³-hybridized carbons (Fsp3) is 0.625. The van der Waals surface area contributed by atoms with Crippen molar-refractivity contribution in [1.82, 2.24) is 5.32 Å². The van der Waals surface area contributed by atoms with E-state index in [1.54, 1.807) is 0 Å². The number of hydrogen-bond acceptors (Lipinski definition) is 2. The summed E-state index contributed by atoms with van der Waals surface area (Å²) in [5.74, 6) is 1.12. The molecule has 1 fully saturated rings. The highest BCUT2D eigenvalue weighted by atomic mass is 16.3. The van der Waals surface area contributed by atoms with Crippen LogP contribution in [0.5, 0.6) is 5.75 Å². The fourth-order valence-electron chi connectivity index (χ4n) is 3.73. The van der Waals surface area contributed by atoms with Crippen LogP contribution in [0.2, 0.25) is 0 Å². The number of piperidine rings is 1. The molecular weight excluding hydrogens is 222 g/mol. The third-order valence-electron chi connectivity index (χ3n) is 4.65. The van der Waals surface area contributed by atoms with Crippen molar-refractivity contribution < 1.29 is 5.11 Å². The second kappa shape index (κ2) is 4.93. The maximum Gasteiger partial charge on any atom is 0.119 e. The van der Waals surface area contributed by atoms with Gasteiger partial charge in [-0.05, 0) is 87.2 Å². The highest BCUT2D eigenvalue weighted by Gasteiger charge is 2.25. The Morgan fingerprint density at radius 2 is 1.78 bits per heavy atom. The number of benzene rings is 1. The zero-order valence-corrected chi connectivity index (χ0v) is 11.3. The Bertz CT molecular complexity index is 447. The second-order valence-electron chi connectivity index (χ2n) is 5.81. The largest absolute Gasteiger partial charge is 0.508 e. The number of hydrogen-bond donors (Lipinski definition) is 2. The number of phenols is 1. The Morgan fingerprint density at radius 1 is 1.11 bits per heavy atom. The van der Waals surface area contributed by atoms with E-state index < -0.39 is 0 Å². The van der Waals surface area contributed by atoms with E-state index in [2.05, 4.69) is 12.2 Å². The van der Waals surface area contributed by atoms with Gasteiger partial charge in [0.25, 0.3) is 0 Å². The van der Waals surface area contributed by atoms with Crippen LogP contribution in [0, 0.1) is 6.92 Å². The van der Waals surface area contributed by atoms with Gasteiger partial charge in [-0.3, -0.25) is 0 Å². The molecular formula is C16H23NO. The summed E-state index contributed by atoms with van der Waals surface area (Å²) in [6, 6.07) is 2.00. The highest BCUT2D eigenvalue weighted by Crippen LogP contribution is 2.40. The molecule has 3 rings (SSSR count). The minimum Gasteiger partial charge on any atom is -0.508 e. The summed E-state index contributed by atoms with van der Waals surface area (Å²) < 4.78 is 0. The molecule has 0 atom stereocenters. The number of aromatic hydroxyl groups is 1.